The molecule has 0 aliphatic heterocycles. The van der Waals surface area contributed by atoms with Crippen molar-refractivity contribution in [1.82, 2.24) is 10.2 Å². The molecule has 1 atom stereocenters. The predicted octanol–water partition coefficient (Wildman–Crippen LogP) is 5.68. The molecule has 0 aromatic heterocycles. The summed E-state index contributed by atoms with van der Waals surface area (Å²) < 4.78 is 29.4. The molecule has 1 unspecified atom stereocenters. The first kappa shape index (κ1) is 30.4. The molecule has 9 heteroatoms. The highest BCUT2D eigenvalue weighted by Gasteiger charge is 2.33. The number of rotatable bonds is 13. The fourth-order valence-corrected chi connectivity index (χ4v) is 6.09. The molecule has 39 heavy (non-hydrogen) atoms. The van der Waals surface area contributed by atoms with E-state index >= 15 is 0 Å². The molecule has 1 N–H and O–H groups in total. The lowest BCUT2D eigenvalue weighted by Gasteiger charge is -2.33. The molecule has 3 aromatic carbocycles. The number of amides is 2. The smallest absolute Gasteiger partial charge is 0.264 e. The Morgan fingerprint density at radius 3 is 2.28 bits per heavy atom. The van der Waals surface area contributed by atoms with Crippen LogP contribution in [-0.2, 0) is 26.2 Å². The quantitative estimate of drug-likeness (QED) is 0.251. The SMILES string of the molecule is CCCCNC(=O)C(CC)N(Cc1ccccc1C)C(=O)CN(c1cccc(Br)c1)S(=O)(=O)c1ccccc1. The number of benzene rings is 3. The monoisotopic (exact) mass is 613 g/mol. The van der Waals surface area contributed by atoms with Gasteiger partial charge in [0.05, 0.1) is 10.6 Å². The molecule has 0 aliphatic carbocycles. The summed E-state index contributed by atoms with van der Waals surface area (Å²) in [5.74, 6) is -0.706. The van der Waals surface area contributed by atoms with Gasteiger partial charge in [-0.3, -0.25) is 13.9 Å². The van der Waals surface area contributed by atoms with Crippen LogP contribution in [0.5, 0.6) is 0 Å². The number of nitrogens with zero attached hydrogens (tertiary/aromatic N) is 2. The number of hydrogen-bond acceptors (Lipinski definition) is 4. The van der Waals surface area contributed by atoms with Crippen LogP contribution in [0.2, 0.25) is 0 Å². The molecule has 0 heterocycles. The highest BCUT2D eigenvalue weighted by molar-refractivity contribution is 9.10. The van der Waals surface area contributed by atoms with E-state index in [1.54, 1.807) is 42.5 Å². The fourth-order valence-electron chi connectivity index (χ4n) is 4.28. The van der Waals surface area contributed by atoms with Crippen molar-refractivity contribution in [2.24, 2.45) is 0 Å². The molecule has 0 spiro atoms. The number of anilines is 1. The zero-order valence-electron chi connectivity index (χ0n) is 22.6. The van der Waals surface area contributed by atoms with Crippen LogP contribution in [0.25, 0.3) is 0 Å². The van der Waals surface area contributed by atoms with Crippen LogP contribution in [0.4, 0.5) is 5.69 Å². The number of sulfonamides is 1. The van der Waals surface area contributed by atoms with Gasteiger partial charge in [-0.15, -0.1) is 0 Å². The minimum atomic E-state index is -4.09. The van der Waals surface area contributed by atoms with E-state index in [9.17, 15) is 18.0 Å². The van der Waals surface area contributed by atoms with Gasteiger partial charge >= 0.3 is 0 Å². The van der Waals surface area contributed by atoms with Gasteiger partial charge in [-0.1, -0.05) is 84.7 Å². The summed E-state index contributed by atoms with van der Waals surface area (Å²) in [5.41, 5.74) is 2.22. The number of halogens is 1. The molecule has 208 valence electrons. The molecule has 0 fully saturated rings. The molecule has 0 saturated carbocycles. The summed E-state index contributed by atoms with van der Waals surface area (Å²) >= 11 is 3.41. The highest BCUT2D eigenvalue weighted by Crippen LogP contribution is 2.27. The molecule has 0 saturated heterocycles. The van der Waals surface area contributed by atoms with E-state index in [0.29, 0.717) is 23.1 Å². The molecule has 3 aromatic rings. The van der Waals surface area contributed by atoms with Gasteiger partial charge in [0, 0.05) is 17.6 Å². The molecular weight excluding hydrogens is 578 g/mol. The zero-order chi connectivity index (χ0) is 28.4. The first-order valence-corrected chi connectivity index (χ1v) is 15.4. The summed E-state index contributed by atoms with van der Waals surface area (Å²) in [6, 6.07) is 21.8. The number of aryl methyl sites for hydroxylation is 1. The van der Waals surface area contributed by atoms with Gasteiger partial charge in [0.15, 0.2) is 0 Å². The summed E-state index contributed by atoms with van der Waals surface area (Å²) in [7, 11) is -4.09. The third-order valence-corrected chi connectivity index (χ3v) is 8.81. The van der Waals surface area contributed by atoms with Gasteiger partial charge in [-0.25, -0.2) is 8.42 Å². The second kappa shape index (κ2) is 14.3. The Balaban J connectivity index is 2.03. The van der Waals surface area contributed by atoms with E-state index in [1.165, 1.54) is 17.0 Å². The molecule has 7 nitrogen and oxygen atoms in total. The van der Waals surface area contributed by atoms with Gasteiger partial charge in [0.1, 0.15) is 12.6 Å². The average molecular weight is 615 g/mol. The van der Waals surface area contributed by atoms with E-state index in [0.717, 1.165) is 28.3 Å². The summed E-state index contributed by atoms with van der Waals surface area (Å²) in [4.78, 5) is 28.9. The van der Waals surface area contributed by atoms with Crippen molar-refractivity contribution in [2.75, 3.05) is 17.4 Å². The van der Waals surface area contributed by atoms with Gasteiger partial charge < -0.3 is 10.2 Å². The Labute approximate surface area is 240 Å². The average Bonchev–Trinajstić information content (AvgIpc) is 2.93. The molecule has 2 amide bonds. The Morgan fingerprint density at radius 2 is 1.64 bits per heavy atom. The number of carbonyl (C=O) groups is 2. The summed E-state index contributed by atoms with van der Waals surface area (Å²) in [6.45, 7) is 6.09. The van der Waals surface area contributed by atoms with Crippen LogP contribution in [0.15, 0.2) is 88.2 Å². The maximum absolute atomic E-state index is 14.1. The number of unbranched alkanes of at least 4 members (excludes halogenated alkanes) is 1. The largest absolute Gasteiger partial charge is 0.354 e. The second-order valence-electron chi connectivity index (χ2n) is 9.32. The van der Waals surface area contributed by atoms with Crippen molar-refractivity contribution in [3.63, 3.8) is 0 Å². The van der Waals surface area contributed by atoms with Crippen molar-refractivity contribution >= 4 is 43.5 Å². The Morgan fingerprint density at radius 1 is 0.949 bits per heavy atom. The third kappa shape index (κ3) is 7.92. The van der Waals surface area contributed by atoms with E-state index in [2.05, 4.69) is 21.2 Å². The fraction of sp³-hybridized carbons (Fsp3) is 0.333. The van der Waals surface area contributed by atoms with Gasteiger partial charge in [-0.2, -0.15) is 0 Å². The van der Waals surface area contributed by atoms with Crippen molar-refractivity contribution < 1.29 is 18.0 Å². The first-order valence-electron chi connectivity index (χ1n) is 13.1. The highest BCUT2D eigenvalue weighted by atomic mass is 79.9. The lowest BCUT2D eigenvalue weighted by molar-refractivity contribution is -0.140. The number of hydrogen-bond donors (Lipinski definition) is 1. The maximum atomic E-state index is 14.1. The standard InChI is InChI=1S/C30H36BrN3O4S/c1-4-6-19-32-30(36)28(5-2)33(21-24-14-11-10-13-23(24)3)29(35)22-34(26-16-12-15-25(31)20-26)39(37,38)27-17-8-7-9-18-27/h7-18,20,28H,4-6,19,21-22H2,1-3H3,(H,32,36). The van der Waals surface area contributed by atoms with E-state index in [4.69, 9.17) is 0 Å². The Kier molecular flexibility index (Phi) is 11.1. The maximum Gasteiger partial charge on any atom is 0.264 e. The molecule has 0 bridgehead atoms. The lowest BCUT2D eigenvalue weighted by Crippen LogP contribution is -2.52. The summed E-state index contributed by atoms with van der Waals surface area (Å²) in [5, 5.41) is 2.95. The van der Waals surface area contributed by atoms with Gasteiger partial charge in [-0.05, 0) is 61.2 Å². The first-order chi connectivity index (χ1) is 18.7. The minimum Gasteiger partial charge on any atom is -0.354 e. The Hall–Kier alpha value is -3.17. The third-order valence-electron chi connectivity index (χ3n) is 6.52. The molecular formula is C30H36BrN3O4S. The zero-order valence-corrected chi connectivity index (χ0v) is 25.0. The van der Waals surface area contributed by atoms with Crippen molar-refractivity contribution in [2.45, 2.75) is 57.5 Å². The molecule has 0 radical (unpaired) electrons. The predicted molar refractivity (Wildman–Crippen MR) is 159 cm³/mol. The van der Waals surface area contributed by atoms with E-state index in [-0.39, 0.29) is 17.3 Å². The molecule has 3 rings (SSSR count). The van der Waals surface area contributed by atoms with E-state index < -0.39 is 28.5 Å². The Bertz CT molecular complexity index is 1370. The van der Waals surface area contributed by atoms with Crippen LogP contribution in [-0.4, -0.2) is 44.3 Å². The van der Waals surface area contributed by atoms with Gasteiger partial charge in [0.2, 0.25) is 11.8 Å². The van der Waals surface area contributed by atoms with Crippen LogP contribution < -0.4 is 9.62 Å². The number of nitrogens with one attached hydrogen (secondary N) is 1. The molecule has 0 aliphatic rings. The van der Waals surface area contributed by atoms with Crippen LogP contribution in [0, 0.1) is 6.92 Å². The topological polar surface area (TPSA) is 86.8 Å². The van der Waals surface area contributed by atoms with Crippen molar-refractivity contribution in [3.8, 4) is 0 Å². The second-order valence-corrected chi connectivity index (χ2v) is 12.1. The summed E-state index contributed by atoms with van der Waals surface area (Å²) in [6.07, 6.45) is 2.15. The van der Waals surface area contributed by atoms with Crippen LogP contribution in [0.1, 0.15) is 44.2 Å². The minimum absolute atomic E-state index is 0.0765. The van der Waals surface area contributed by atoms with Crippen molar-refractivity contribution in [1.29, 1.82) is 0 Å². The van der Waals surface area contributed by atoms with Crippen LogP contribution >= 0.6 is 15.9 Å². The lowest BCUT2D eigenvalue weighted by atomic mass is 10.1. The van der Waals surface area contributed by atoms with E-state index in [1.807, 2.05) is 45.0 Å². The van der Waals surface area contributed by atoms with Crippen LogP contribution in [0.3, 0.4) is 0 Å². The van der Waals surface area contributed by atoms with Crippen molar-refractivity contribution in [3.05, 3.63) is 94.5 Å². The normalized spacial score (nSPS) is 12.0. The number of carbonyl (C=O) groups excluding carboxylic acids is 2. The van der Waals surface area contributed by atoms with Gasteiger partial charge in [0.25, 0.3) is 10.0 Å².